The quantitative estimate of drug-likeness (QED) is 0.714. The van der Waals surface area contributed by atoms with Crippen molar-refractivity contribution in [1.29, 1.82) is 0 Å². The molecule has 0 saturated heterocycles. The predicted octanol–water partition coefficient (Wildman–Crippen LogP) is 3.85. The van der Waals surface area contributed by atoms with E-state index in [1.807, 2.05) is 35.2 Å². The van der Waals surface area contributed by atoms with Crippen LogP contribution in [0, 0.1) is 11.8 Å². The second-order valence-corrected chi connectivity index (χ2v) is 6.14. The van der Waals surface area contributed by atoms with E-state index in [2.05, 4.69) is 27.7 Å². The molecule has 0 unspecified atom stereocenters. The van der Waals surface area contributed by atoms with Gasteiger partial charge in [-0.05, 0) is 35.6 Å². The molecule has 0 aliphatic heterocycles. The smallest absolute Gasteiger partial charge is 0.246 e. The molecule has 0 aromatic heterocycles. The lowest BCUT2D eigenvalue weighted by Crippen LogP contribution is -2.35. The molecular weight excluding hydrogens is 262 g/mol. The summed E-state index contributed by atoms with van der Waals surface area (Å²) in [6, 6.07) is 7.67. The van der Waals surface area contributed by atoms with Crippen LogP contribution in [0.1, 0.15) is 33.3 Å². The van der Waals surface area contributed by atoms with Gasteiger partial charge in [0.2, 0.25) is 5.91 Å². The summed E-state index contributed by atoms with van der Waals surface area (Å²) in [6.45, 7) is 10.1. The Kier molecular flexibility index (Phi) is 7.00. The number of hydrogen-bond acceptors (Lipinski definition) is 2. The van der Waals surface area contributed by atoms with E-state index in [0.29, 0.717) is 11.8 Å². The van der Waals surface area contributed by atoms with Gasteiger partial charge in [0.1, 0.15) is 5.75 Å². The first-order valence-corrected chi connectivity index (χ1v) is 7.53. The number of carbonyl (C=O) groups excluding carboxylic acids is 1. The summed E-state index contributed by atoms with van der Waals surface area (Å²) in [5.41, 5.74) is 0.998. The van der Waals surface area contributed by atoms with Crippen LogP contribution < -0.4 is 4.74 Å². The minimum atomic E-state index is 0.0771. The fourth-order valence-corrected chi connectivity index (χ4v) is 2.12. The minimum Gasteiger partial charge on any atom is -0.497 e. The number of nitrogens with zero attached hydrogens (tertiary/aromatic N) is 1. The molecule has 0 atom stereocenters. The van der Waals surface area contributed by atoms with Gasteiger partial charge in [-0.2, -0.15) is 0 Å². The number of methoxy groups -OCH3 is 1. The van der Waals surface area contributed by atoms with Gasteiger partial charge in [-0.25, -0.2) is 0 Å². The van der Waals surface area contributed by atoms with Crippen LogP contribution in [-0.2, 0) is 4.79 Å². The van der Waals surface area contributed by atoms with Crippen LogP contribution in [0.3, 0.4) is 0 Å². The van der Waals surface area contributed by atoms with Gasteiger partial charge in [0.25, 0.3) is 0 Å². The Labute approximate surface area is 128 Å². The zero-order valence-corrected chi connectivity index (χ0v) is 13.8. The Morgan fingerprint density at radius 2 is 1.62 bits per heavy atom. The maximum absolute atomic E-state index is 12.3. The van der Waals surface area contributed by atoms with E-state index < -0.39 is 0 Å². The summed E-state index contributed by atoms with van der Waals surface area (Å²) in [5, 5.41) is 0. The Balaban J connectivity index is 2.71. The summed E-state index contributed by atoms with van der Waals surface area (Å²) in [7, 11) is 1.64. The third kappa shape index (κ3) is 6.48. The van der Waals surface area contributed by atoms with Crippen molar-refractivity contribution in [2.45, 2.75) is 27.7 Å². The van der Waals surface area contributed by atoms with E-state index in [9.17, 15) is 4.79 Å². The highest BCUT2D eigenvalue weighted by molar-refractivity contribution is 5.91. The first kappa shape index (κ1) is 17.3. The van der Waals surface area contributed by atoms with Crippen molar-refractivity contribution in [3.63, 3.8) is 0 Å². The van der Waals surface area contributed by atoms with Gasteiger partial charge in [0, 0.05) is 19.2 Å². The van der Waals surface area contributed by atoms with Crippen molar-refractivity contribution in [1.82, 2.24) is 4.90 Å². The van der Waals surface area contributed by atoms with E-state index >= 15 is 0 Å². The zero-order valence-electron chi connectivity index (χ0n) is 13.8. The lowest BCUT2D eigenvalue weighted by atomic mass is 10.1. The SMILES string of the molecule is COc1ccc(C=CC(=O)N(CC(C)C)CC(C)C)cc1. The van der Waals surface area contributed by atoms with Crippen LogP contribution in [0.2, 0.25) is 0 Å². The van der Waals surface area contributed by atoms with Crippen molar-refractivity contribution < 1.29 is 9.53 Å². The number of hydrogen-bond donors (Lipinski definition) is 0. The molecule has 0 saturated carbocycles. The van der Waals surface area contributed by atoms with Crippen LogP contribution in [0.25, 0.3) is 6.08 Å². The lowest BCUT2D eigenvalue weighted by molar-refractivity contribution is -0.127. The maximum Gasteiger partial charge on any atom is 0.246 e. The summed E-state index contributed by atoms with van der Waals surface area (Å²) >= 11 is 0. The van der Waals surface area contributed by atoms with Crippen molar-refractivity contribution in [2.24, 2.45) is 11.8 Å². The molecule has 0 aliphatic carbocycles. The number of ether oxygens (including phenoxy) is 1. The van der Waals surface area contributed by atoms with E-state index in [1.165, 1.54) is 0 Å². The average molecular weight is 289 g/mol. The Bertz CT molecular complexity index is 451. The molecule has 0 fully saturated rings. The summed E-state index contributed by atoms with van der Waals surface area (Å²) < 4.78 is 5.12. The molecule has 3 nitrogen and oxygen atoms in total. The molecule has 0 heterocycles. The predicted molar refractivity (Wildman–Crippen MR) is 88.3 cm³/mol. The zero-order chi connectivity index (χ0) is 15.8. The maximum atomic E-state index is 12.3. The summed E-state index contributed by atoms with van der Waals surface area (Å²) in [4.78, 5) is 14.3. The van der Waals surface area contributed by atoms with E-state index in [-0.39, 0.29) is 5.91 Å². The monoisotopic (exact) mass is 289 g/mol. The minimum absolute atomic E-state index is 0.0771. The number of amides is 1. The van der Waals surface area contributed by atoms with Crippen LogP contribution in [0.5, 0.6) is 5.75 Å². The summed E-state index contributed by atoms with van der Waals surface area (Å²) in [5.74, 6) is 1.84. The normalized spacial score (nSPS) is 11.4. The van der Waals surface area contributed by atoms with Gasteiger partial charge in [0.05, 0.1) is 7.11 Å². The average Bonchev–Trinajstić information content (AvgIpc) is 2.43. The van der Waals surface area contributed by atoms with Gasteiger partial charge >= 0.3 is 0 Å². The Hall–Kier alpha value is -1.77. The first-order chi connectivity index (χ1) is 9.92. The largest absolute Gasteiger partial charge is 0.497 e. The Morgan fingerprint density at radius 3 is 2.05 bits per heavy atom. The number of rotatable bonds is 7. The molecule has 0 N–H and O–H groups in total. The Morgan fingerprint density at radius 1 is 1.10 bits per heavy atom. The molecule has 21 heavy (non-hydrogen) atoms. The van der Waals surface area contributed by atoms with Gasteiger partial charge in [-0.15, -0.1) is 0 Å². The molecule has 0 radical (unpaired) electrons. The third-order valence-electron chi connectivity index (χ3n) is 3.02. The number of benzene rings is 1. The van der Waals surface area contributed by atoms with Gasteiger partial charge in [0.15, 0.2) is 0 Å². The van der Waals surface area contributed by atoms with Gasteiger partial charge < -0.3 is 9.64 Å². The third-order valence-corrected chi connectivity index (χ3v) is 3.02. The molecule has 116 valence electrons. The van der Waals surface area contributed by atoms with Crippen LogP contribution in [0.15, 0.2) is 30.3 Å². The highest BCUT2D eigenvalue weighted by Crippen LogP contribution is 2.13. The molecule has 0 spiro atoms. The molecule has 3 heteroatoms. The fourth-order valence-electron chi connectivity index (χ4n) is 2.12. The highest BCUT2D eigenvalue weighted by atomic mass is 16.5. The molecule has 0 bridgehead atoms. The molecule has 0 aliphatic rings. The topological polar surface area (TPSA) is 29.5 Å². The van der Waals surface area contributed by atoms with Crippen molar-refractivity contribution in [3.05, 3.63) is 35.9 Å². The summed E-state index contributed by atoms with van der Waals surface area (Å²) in [6.07, 6.45) is 3.52. The van der Waals surface area contributed by atoms with E-state index in [4.69, 9.17) is 4.74 Å². The van der Waals surface area contributed by atoms with Crippen molar-refractivity contribution in [2.75, 3.05) is 20.2 Å². The van der Waals surface area contributed by atoms with E-state index in [1.54, 1.807) is 13.2 Å². The molecule has 1 rings (SSSR count). The lowest BCUT2D eigenvalue weighted by Gasteiger charge is -2.25. The molecule has 1 aromatic rings. The molecule has 1 amide bonds. The van der Waals surface area contributed by atoms with Crippen LogP contribution in [-0.4, -0.2) is 31.0 Å². The highest BCUT2D eigenvalue weighted by Gasteiger charge is 2.13. The van der Waals surface area contributed by atoms with Crippen LogP contribution >= 0.6 is 0 Å². The van der Waals surface area contributed by atoms with Gasteiger partial charge in [-0.3, -0.25) is 4.79 Å². The van der Waals surface area contributed by atoms with Crippen molar-refractivity contribution >= 4 is 12.0 Å². The van der Waals surface area contributed by atoms with Crippen LogP contribution in [0.4, 0.5) is 0 Å². The molecule has 1 aromatic carbocycles. The van der Waals surface area contributed by atoms with Gasteiger partial charge in [-0.1, -0.05) is 39.8 Å². The van der Waals surface area contributed by atoms with E-state index in [0.717, 1.165) is 24.4 Å². The second kappa shape index (κ2) is 8.50. The number of carbonyl (C=O) groups is 1. The fraction of sp³-hybridized carbons (Fsp3) is 0.500. The second-order valence-electron chi connectivity index (χ2n) is 6.14. The van der Waals surface area contributed by atoms with Crippen molar-refractivity contribution in [3.8, 4) is 5.75 Å². The molecular formula is C18H27NO2. The first-order valence-electron chi connectivity index (χ1n) is 7.53. The standard InChI is InChI=1S/C18H27NO2/c1-14(2)12-19(13-15(3)4)18(20)11-8-16-6-9-17(21-5)10-7-16/h6-11,14-15H,12-13H2,1-5H3.